The van der Waals surface area contributed by atoms with Crippen molar-refractivity contribution >= 4 is 11.7 Å². The summed E-state index contributed by atoms with van der Waals surface area (Å²) in [7, 11) is 0. The first-order valence-corrected chi connectivity index (χ1v) is 8.87. The van der Waals surface area contributed by atoms with E-state index in [4.69, 9.17) is 0 Å². The van der Waals surface area contributed by atoms with Crippen LogP contribution in [0.2, 0.25) is 0 Å². The third kappa shape index (κ3) is 2.99. The van der Waals surface area contributed by atoms with E-state index in [9.17, 15) is 9.59 Å². The lowest BCUT2D eigenvalue weighted by Gasteiger charge is -2.29. The summed E-state index contributed by atoms with van der Waals surface area (Å²) in [5.41, 5.74) is 4.02. The number of hydrogen-bond donors (Lipinski definition) is 1. The fourth-order valence-electron chi connectivity index (χ4n) is 3.60. The van der Waals surface area contributed by atoms with Crippen LogP contribution in [0.5, 0.6) is 0 Å². The number of carbonyl (C=O) groups is 2. The Morgan fingerprint density at radius 3 is 2.52 bits per heavy atom. The number of nitrogens with zero attached hydrogens (tertiary/aromatic N) is 2. The molecule has 1 heterocycles. The van der Waals surface area contributed by atoms with E-state index in [0.29, 0.717) is 18.0 Å². The molecule has 130 valence electrons. The number of aryl methyl sites for hydroxylation is 1. The summed E-state index contributed by atoms with van der Waals surface area (Å²) in [5, 5.41) is 7.60. The van der Waals surface area contributed by atoms with Crippen molar-refractivity contribution in [1.29, 1.82) is 0 Å². The molecule has 1 fully saturated rings. The number of aromatic nitrogens is 2. The molecule has 0 spiro atoms. The molecule has 1 amide bonds. The molecule has 0 atom stereocenters. The third-order valence-corrected chi connectivity index (χ3v) is 5.01. The van der Waals surface area contributed by atoms with Crippen molar-refractivity contribution in [3.8, 4) is 5.69 Å². The number of benzene rings is 1. The monoisotopic (exact) mass is 337 g/mol. The van der Waals surface area contributed by atoms with Gasteiger partial charge >= 0.3 is 0 Å². The van der Waals surface area contributed by atoms with E-state index < -0.39 is 0 Å². The number of Topliss-reactive ketones (excluding diaryl/α,β-unsaturated/α-hetero) is 1. The highest BCUT2D eigenvalue weighted by Gasteiger charge is 2.35. The molecule has 4 rings (SSSR count). The van der Waals surface area contributed by atoms with Crippen molar-refractivity contribution in [2.75, 3.05) is 0 Å². The van der Waals surface area contributed by atoms with Gasteiger partial charge in [-0.25, -0.2) is 4.68 Å². The van der Waals surface area contributed by atoms with Crippen LogP contribution in [-0.4, -0.2) is 27.5 Å². The molecule has 2 aliphatic carbocycles. The SMILES string of the molecule is Cc1nn(-c2ccc(C(=O)NC3CC3)cc2)c2c1C(=O)CC(C)(C)C2. The summed E-state index contributed by atoms with van der Waals surface area (Å²) in [4.78, 5) is 24.6. The predicted octanol–water partition coefficient (Wildman–Crippen LogP) is 3.23. The Balaban J connectivity index is 1.67. The second kappa shape index (κ2) is 5.55. The molecule has 0 unspecified atom stereocenters. The Morgan fingerprint density at radius 1 is 1.20 bits per heavy atom. The van der Waals surface area contributed by atoms with Crippen molar-refractivity contribution in [3.63, 3.8) is 0 Å². The zero-order chi connectivity index (χ0) is 17.8. The Labute approximate surface area is 147 Å². The molecule has 0 bridgehead atoms. The molecule has 1 N–H and O–H groups in total. The summed E-state index contributed by atoms with van der Waals surface area (Å²) in [5.74, 6) is 0.152. The Kier molecular flexibility index (Phi) is 3.56. The number of hydrogen-bond acceptors (Lipinski definition) is 3. The molecule has 0 radical (unpaired) electrons. The van der Waals surface area contributed by atoms with Crippen LogP contribution in [0.4, 0.5) is 0 Å². The first kappa shape index (κ1) is 16.1. The van der Waals surface area contributed by atoms with Crippen molar-refractivity contribution in [2.45, 2.75) is 52.5 Å². The summed E-state index contributed by atoms with van der Waals surface area (Å²) >= 11 is 0. The van der Waals surface area contributed by atoms with Gasteiger partial charge in [0, 0.05) is 18.0 Å². The highest BCUT2D eigenvalue weighted by atomic mass is 16.1. The molecule has 2 aromatic rings. The molecule has 25 heavy (non-hydrogen) atoms. The van der Waals surface area contributed by atoms with Gasteiger partial charge < -0.3 is 5.32 Å². The van der Waals surface area contributed by atoms with Gasteiger partial charge in [-0.1, -0.05) is 13.8 Å². The maximum Gasteiger partial charge on any atom is 0.251 e. The van der Waals surface area contributed by atoms with Crippen molar-refractivity contribution in [2.24, 2.45) is 5.41 Å². The first-order chi connectivity index (χ1) is 11.8. The minimum Gasteiger partial charge on any atom is -0.349 e. The zero-order valence-electron chi connectivity index (χ0n) is 14.9. The maximum absolute atomic E-state index is 12.5. The normalized spacial score (nSPS) is 18.8. The minimum absolute atomic E-state index is 0.0240. The average Bonchev–Trinajstić information content (AvgIpc) is 3.29. The summed E-state index contributed by atoms with van der Waals surface area (Å²) < 4.78 is 1.87. The Morgan fingerprint density at radius 2 is 1.88 bits per heavy atom. The lowest BCUT2D eigenvalue weighted by atomic mass is 9.75. The molecule has 2 aliphatic rings. The molecule has 1 aromatic carbocycles. The van der Waals surface area contributed by atoms with Gasteiger partial charge in [0.25, 0.3) is 5.91 Å². The average molecular weight is 337 g/mol. The summed E-state index contributed by atoms with van der Waals surface area (Å²) in [6.07, 6.45) is 3.53. The van der Waals surface area contributed by atoms with E-state index in [1.165, 1.54) is 0 Å². The molecular formula is C20H23N3O2. The van der Waals surface area contributed by atoms with Crippen LogP contribution < -0.4 is 5.32 Å². The number of amides is 1. The molecule has 0 aliphatic heterocycles. The van der Waals surface area contributed by atoms with Crippen molar-refractivity contribution in [3.05, 3.63) is 46.8 Å². The van der Waals surface area contributed by atoms with Gasteiger partial charge in [0.2, 0.25) is 0 Å². The minimum atomic E-state index is -0.0571. The Bertz CT molecular complexity index is 858. The largest absolute Gasteiger partial charge is 0.349 e. The van der Waals surface area contributed by atoms with E-state index >= 15 is 0 Å². The van der Waals surface area contributed by atoms with Crippen LogP contribution in [0.1, 0.15) is 65.2 Å². The highest BCUT2D eigenvalue weighted by molar-refractivity contribution is 6.00. The highest BCUT2D eigenvalue weighted by Crippen LogP contribution is 2.36. The molecule has 1 saturated carbocycles. The second-order valence-corrected chi connectivity index (χ2v) is 8.05. The summed E-state index contributed by atoms with van der Waals surface area (Å²) in [6, 6.07) is 7.81. The number of fused-ring (bicyclic) bond motifs is 1. The van der Waals surface area contributed by atoms with Gasteiger partial charge in [0.15, 0.2) is 5.78 Å². The van der Waals surface area contributed by atoms with Gasteiger partial charge in [-0.2, -0.15) is 5.10 Å². The molecule has 5 heteroatoms. The van der Waals surface area contributed by atoms with Crippen molar-refractivity contribution in [1.82, 2.24) is 15.1 Å². The van der Waals surface area contributed by atoms with Gasteiger partial charge in [-0.05, 0) is 55.9 Å². The summed E-state index contributed by atoms with van der Waals surface area (Å²) in [6.45, 7) is 6.13. The maximum atomic E-state index is 12.5. The molecule has 0 saturated heterocycles. The van der Waals surface area contributed by atoms with Gasteiger partial charge in [0.05, 0.1) is 22.6 Å². The van der Waals surface area contributed by atoms with Gasteiger partial charge in [-0.15, -0.1) is 0 Å². The first-order valence-electron chi connectivity index (χ1n) is 8.87. The molecule has 5 nitrogen and oxygen atoms in total. The van der Waals surface area contributed by atoms with Crippen molar-refractivity contribution < 1.29 is 9.59 Å². The zero-order valence-corrected chi connectivity index (χ0v) is 14.9. The van der Waals surface area contributed by atoms with Crippen LogP contribution in [0.25, 0.3) is 5.69 Å². The van der Waals surface area contributed by atoms with Gasteiger partial charge in [-0.3, -0.25) is 9.59 Å². The van der Waals surface area contributed by atoms with E-state index in [1.807, 2.05) is 35.9 Å². The van der Waals surface area contributed by atoms with E-state index in [0.717, 1.165) is 41.9 Å². The van der Waals surface area contributed by atoms with Crippen LogP contribution in [-0.2, 0) is 6.42 Å². The number of rotatable bonds is 3. The predicted molar refractivity (Wildman–Crippen MR) is 95.2 cm³/mol. The topological polar surface area (TPSA) is 64.0 Å². The fraction of sp³-hybridized carbons (Fsp3) is 0.450. The van der Waals surface area contributed by atoms with E-state index in [-0.39, 0.29) is 17.1 Å². The van der Waals surface area contributed by atoms with E-state index in [2.05, 4.69) is 24.3 Å². The fourth-order valence-corrected chi connectivity index (χ4v) is 3.60. The van der Waals surface area contributed by atoms with Gasteiger partial charge in [0.1, 0.15) is 0 Å². The van der Waals surface area contributed by atoms with Crippen LogP contribution >= 0.6 is 0 Å². The number of ketones is 1. The smallest absolute Gasteiger partial charge is 0.251 e. The third-order valence-electron chi connectivity index (χ3n) is 5.01. The number of nitrogens with one attached hydrogen (secondary N) is 1. The number of carbonyl (C=O) groups excluding carboxylic acids is 2. The van der Waals surface area contributed by atoms with Crippen LogP contribution in [0, 0.1) is 12.3 Å². The van der Waals surface area contributed by atoms with E-state index in [1.54, 1.807) is 0 Å². The lowest BCUT2D eigenvalue weighted by Crippen LogP contribution is -2.28. The quantitative estimate of drug-likeness (QED) is 0.935. The lowest BCUT2D eigenvalue weighted by molar-refractivity contribution is 0.0908. The van der Waals surface area contributed by atoms with Crippen LogP contribution in [0.3, 0.4) is 0 Å². The second-order valence-electron chi connectivity index (χ2n) is 8.05. The standard InChI is InChI=1S/C20H23N3O2/c1-12-18-16(10-20(2,3)11-17(18)24)23(22-12)15-8-4-13(5-9-15)19(25)21-14-6-7-14/h4-5,8-9,14H,6-7,10-11H2,1-3H3,(H,21,25). The van der Waals surface area contributed by atoms with Crippen LogP contribution in [0.15, 0.2) is 24.3 Å². The molecular weight excluding hydrogens is 314 g/mol. The molecule has 1 aromatic heterocycles. The Hall–Kier alpha value is -2.43.